The zero-order valence-corrected chi connectivity index (χ0v) is 40.5. The first-order valence-electron chi connectivity index (χ1n) is 25.8. The number of amides is 1. The Bertz CT molecular complexity index is 1200. The Morgan fingerprint density at radius 2 is 0.887 bits per heavy atom. The van der Waals surface area contributed by atoms with Crippen LogP contribution in [0.1, 0.15) is 233 Å². The molecule has 6 nitrogen and oxygen atoms in total. The molecule has 3 atom stereocenters. The van der Waals surface area contributed by atoms with Gasteiger partial charge in [-0.1, -0.05) is 209 Å². The van der Waals surface area contributed by atoms with E-state index < -0.39 is 18.2 Å². The van der Waals surface area contributed by atoms with E-state index in [2.05, 4.69) is 111 Å². The molecule has 3 N–H and O–H groups in total. The summed E-state index contributed by atoms with van der Waals surface area (Å²) in [5.41, 5.74) is 0. The van der Waals surface area contributed by atoms with Crippen LogP contribution >= 0.6 is 0 Å². The van der Waals surface area contributed by atoms with E-state index in [1.165, 1.54) is 89.9 Å². The number of rotatable bonds is 45. The normalized spacial score (nSPS) is 14.0. The van der Waals surface area contributed by atoms with Crippen LogP contribution in [0.15, 0.2) is 85.1 Å². The van der Waals surface area contributed by atoms with Crippen LogP contribution in [0.2, 0.25) is 0 Å². The average Bonchev–Trinajstić information content (AvgIpc) is 3.26. The molecular weight excluding hydrogens is 767 g/mol. The molecule has 0 aliphatic heterocycles. The van der Waals surface area contributed by atoms with Gasteiger partial charge in [-0.05, 0) is 96.3 Å². The lowest BCUT2D eigenvalue weighted by molar-refractivity contribution is -0.151. The number of carbonyl (C=O) groups excluding carboxylic acids is 2. The van der Waals surface area contributed by atoms with Crippen LogP contribution in [-0.2, 0) is 14.3 Å². The maximum Gasteiger partial charge on any atom is 0.306 e. The highest BCUT2D eigenvalue weighted by Gasteiger charge is 2.24. The van der Waals surface area contributed by atoms with Crippen LogP contribution in [0.3, 0.4) is 0 Å². The average molecular weight is 864 g/mol. The van der Waals surface area contributed by atoms with Crippen molar-refractivity contribution in [3.8, 4) is 0 Å². The highest BCUT2D eigenvalue weighted by molar-refractivity contribution is 5.77. The second kappa shape index (κ2) is 49.1. The van der Waals surface area contributed by atoms with Gasteiger partial charge in [0.2, 0.25) is 5.91 Å². The molecule has 0 heterocycles. The van der Waals surface area contributed by atoms with E-state index in [0.29, 0.717) is 19.3 Å². The number of esters is 1. The number of ether oxygens (including phenoxy) is 1. The Hall–Kier alpha value is -2.96. The first-order chi connectivity index (χ1) is 30.5. The molecule has 0 rings (SSSR count). The number of aliphatic hydroxyl groups excluding tert-OH is 2. The topological polar surface area (TPSA) is 95.9 Å². The summed E-state index contributed by atoms with van der Waals surface area (Å²) in [6, 6.07) is -0.724. The molecule has 0 radical (unpaired) electrons. The van der Waals surface area contributed by atoms with Gasteiger partial charge in [-0.25, -0.2) is 0 Å². The smallest absolute Gasteiger partial charge is 0.306 e. The van der Waals surface area contributed by atoms with Crippen molar-refractivity contribution in [3.05, 3.63) is 85.1 Å². The predicted octanol–water partition coefficient (Wildman–Crippen LogP) is 15.6. The summed E-state index contributed by atoms with van der Waals surface area (Å²) in [7, 11) is 0. The summed E-state index contributed by atoms with van der Waals surface area (Å²) in [4.78, 5) is 26.1. The SMILES string of the molecule is CC/C=C\C/C=C\C/C=C\C/C=C\C/C=C\CCCC(CC(=O)NC(CO)C(O)CCCCCCCCCCC)OC(=O)CCCCCCCCC/C=C\C/C=C\CCCCC. The summed E-state index contributed by atoms with van der Waals surface area (Å²) in [6.45, 7) is 6.30. The minimum atomic E-state index is -0.806. The van der Waals surface area contributed by atoms with E-state index in [4.69, 9.17) is 4.74 Å². The van der Waals surface area contributed by atoms with Crippen LogP contribution in [0.25, 0.3) is 0 Å². The molecule has 0 spiro atoms. The number of hydrogen-bond acceptors (Lipinski definition) is 5. The van der Waals surface area contributed by atoms with Gasteiger partial charge >= 0.3 is 5.97 Å². The Morgan fingerprint density at radius 3 is 1.39 bits per heavy atom. The lowest BCUT2D eigenvalue weighted by atomic mass is 10.0. The quantitative estimate of drug-likeness (QED) is 0.0322. The van der Waals surface area contributed by atoms with Gasteiger partial charge in [-0.15, -0.1) is 0 Å². The van der Waals surface area contributed by atoms with E-state index in [1.807, 2.05) is 0 Å². The first kappa shape index (κ1) is 59.0. The first-order valence-corrected chi connectivity index (χ1v) is 25.8. The van der Waals surface area contributed by atoms with Crippen LogP contribution in [0, 0.1) is 0 Å². The molecule has 1 amide bonds. The molecule has 6 heteroatoms. The molecule has 0 aliphatic carbocycles. The number of unbranched alkanes of at least 4 members (excludes halogenated alkanes) is 19. The molecule has 0 fully saturated rings. The molecule has 0 aromatic carbocycles. The van der Waals surface area contributed by atoms with E-state index in [1.54, 1.807) is 0 Å². The molecule has 62 heavy (non-hydrogen) atoms. The molecule has 3 unspecified atom stereocenters. The second-order valence-electron chi connectivity index (χ2n) is 17.2. The van der Waals surface area contributed by atoms with Gasteiger partial charge in [-0.3, -0.25) is 9.59 Å². The molecule has 0 bridgehead atoms. The predicted molar refractivity (Wildman–Crippen MR) is 268 cm³/mol. The van der Waals surface area contributed by atoms with Crippen LogP contribution < -0.4 is 5.32 Å². The van der Waals surface area contributed by atoms with Crippen molar-refractivity contribution in [1.82, 2.24) is 5.32 Å². The monoisotopic (exact) mass is 864 g/mol. The van der Waals surface area contributed by atoms with E-state index in [-0.39, 0.29) is 24.9 Å². The number of hydrogen-bond donors (Lipinski definition) is 3. The zero-order valence-electron chi connectivity index (χ0n) is 40.5. The summed E-state index contributed by atoms with van der Waals surface area (Å²) in [6.07, 6.45) is 63.6. The lowest BCUT2D eigenvalue weighted by Gasteiger charge is -2.24. The highest BCUT2D eigenvalue weighted by Crippen LogP contribution is 2.16. The minimum absolute atomic E-state index is 0.0313. The molecule has 0 aliphatic rings. The number of carbonyl (C=O) groups is 2. The molecule has 0 saturated carbocycles. The summed E-state index contributed by atoms with van der Waals surface area (Å²) >= 11 is 0. The maximum absolute atomic E-state index is 13.2. The van der Waals surface area contributed by atoms with Crippen LogP contribution in [-0.4, -0.2) is 46.9 Å². The molecule has 0 saturated heterocycles. The van der Waals surface area contributed by atoms with Gasteiger partial charge in [0.05, 0.1) is 25.2 Å². The van der Waals surface area contributed by atoms with Crippen molar-refractivity contribution >= 4 is 11.9 Å². The second-order valence-corrected chi connectivity index (χ2v) is 17.2. The third kappa shape index (κ3) is 43.7. The van der Waals surface area contributed by atoms with Crippen molar-refractivity contribution in [2.45, 2.75) is 251 Å². The van der Waals surface area contributed by atoms with Crippen molar-refractivity contribution in [3.63, 3.8) is 0 Å². The lowest BCUT2D eigenvalue weighted by Crippen LogP contribution is -2.46. The fourth-order valence-electron chi connectivity index (χ4n) is 7.32. The summed E-state index contributed by atoms with van der Waals surface area (Å²) in [5, 5.41) is 23.7. The zero-order chi connectivity index (χ0) is 45.2. The number of aliphatic hydroxyl groups is 2. The Labute approximate surface area is 383 Å². The van der Waals surface area contributed by atoms with Crippen molar-refractivity contribution in [1.29, 1.82) is 0 Å². The molecular formula is C56H97NO5. The standard InChI is InChI=1S/C56H97NO5/c1-4-7-10-13-16-19-21-23-25-27-29-31-33-36-38-41-44-47-52(50-55(60)57-53(51-58)54(59)48-45-42-39-35-18-15-12-9-6-3)62-56(61)49-46-43-40-37-34-32-30-28-26-24-22-20-17-14-11-8-5-2/h7,10,16-17,19-20,23-26,29,31,36,38,52-54,58-59H,4-6,8-9,11-15,18,21-22,27-28,30,32-35,37,39-51H2,1-3H3,(H,57,60)/b10-7-,19-16-,20-17-,25-23-,26-24-,31-29-,38-36-. The maximum atomic E-state index is 13.2. The van der Waals surface area contributed by atoms with Gasteiger partial charge in [-0.2, -0.15) is 0 Å². The van der Waals surface area contributed by atoms with Crippen molar-refractivity contribution in [2.75, 3.05) is 6.61 Å². The van der Waals surface area contributed by atoms with E-state index >= 15 is 0 Å². The van der Waals surface area contributed by atoms with Gasteiger partial charge in [0.1, 0.15) is 6.10 Å². The van der Waals surface area contributed by atoms with Gasteiger partial charge in [0, 0.05) is 6.42 Å². The third-order valence-electron chi connectivity index (χ3n) is 11.2. The summed E-state index contributed by atoms with van der Waals surface area (Å²) in [5.74, 6) is -0.544. The number of nitrogens with one attached hydrogen (secondary N) is 1. The van der Waals surface area contributed by atoms with E-state index in [0.717, 1.165) is 96.3 Å². The molecule has 0 aromatic rings. The third-order valence-corrected chi connectivity index (χ3v) is 11.2. The fraction of sp³-hybridized carbons (Fsp3) is 0.714. The van der Waals surface area contributed by atoms with E-state index in [9.17, 15) is 19.8 Å². The van der Waals surface area contributed by atoms with Gasteiger partial charge in [0.25, 0.3) is 0 Å². The fourth-order valence-corrected chi connectivity index (χ4v) is 7.32. The van der Waals surface area contributed by atoms with Gasteiger partial charge in [0.15, 0.2) is 0 Å². The Morgan fingerprint density at radius 1 is 0.484 bits per heavy atom. The Balaban J connectivity index is 4.70. The molecule has 0 aromatic heterocycles. The van der Waals surface area contributed by atoms with Crippen LogP contribution in [0.5, 0.6) is 0 Å². The largest absolute Gasteiger partial charge is 0.462 e. The van der Waals surface area contributed by atoms with Crippen molar-refractivity contribution < 1.29 is 24.5 Å². The number of allylic oxidation sites excluding steroid dienone is 14. The summed E-state index contributed by atoms with van der Waals surface area (Å²) < 4.78 is 5.90. The minimum Gasteiger partial charge on any atom is -0.462 e. The van der Waals surface area contributed by atoms with Crippen molar-refractivity contribution in [2.24, 2.45) is 0 Å². The molecule has 356 valence electrons. The Kier molecular flexibility index (Phi) is 46.7. The highest BCUT2D eigenvalue weighted by atomic mass is 16.5. The van der Waals surface area contributed by atoms with Crippen LogP contribution in [0.4, 0.5) is 0 Å². The van der Waals surface area contributed by atoms with Gasteiger partial charge < -0.3 is 20.3 Å².